The Balaban J connectivity index is 1.78. The summed E-state index contributed by atoms with van der Waals surface area (Å²) in [6.07, 6.45) is 0.737. The van der Waals surface area contributed by atoms with Crippen LogP contribution in [0.4, 0.5) is 10.5 Å². The second-order valence-corrected chi connectivity index (χ2v) is 7.11. The Kier molecular flexibility index (Phi) is 5.99. The molecule has 24 heavy (non-hydrogen) atoms. The molecule has 0 radical (unpaired) electrons. The molecule has 2 amide bonds. The summed E-state index contributed by atoms with van der Waals surface area (Å²) in [6.45, 7) is 6.92. The molecule has 0 aliphatic heterocycles. The normalized spacial score (nSPS) is 12.5. The highest BCUT2D eigenvalue weighted by molar-refractivity contribution is 5.89. The monoisotopic (exact) mass is 325 g/mol. The molecule has 0 saturated heterocycles. The molecule has 0 saturated carbocycles. The summed E-state index contributed by atoms with van der Waals surface area (Å²) < 4.78 is 0. The lowest BCUT2D eigenvalue weighted by Crippen LogP contribution is -2.40. The van der Waals surface area contributed by atoms with Crippen LogP contribution in [0.5, 0.6) is 0 Å². The smallest absolute Gasteiger partial charge is 0.319 e. The number of nitrogens with two attached hydrogens (primary N) is 1. The van der Waals surface area contributed by atoms with Gasteiger partial charge in [-0.25, -0.2) is 4.79 Å². The van der Waals surface area contributed by atoms with E-state index >= 15 is 0 Å². The van der Waals surface area contributed by atoms with Gasteiger partial charge in [-0.2, -0.15) is 0 Å². The lowest BCUT2D eigenvalue weighted by Gasteiger charge is -2.19. The van der Waals surface area contributed by atoms with Crippen LogP contribution in [-0.4, -0.2) is 18.6 Å². The maximum absolute atomic E-state index is 12.0. The molecule has 0 aliphatic carbocycles. The van der Waals surface area contributed by atoms with E-state index in [1.807, 2.05) is 54.6 Å². The van der Waals surface area contributed by atoms with E-state index in [-0.39, 0.29) is 17.5 Å². The largest absolute Gasteiger partial charge is 0.336 e. The van der Waals surface area contributed by atoms with Gasteiger partial charge in [0.15, 0.2) is 0 Å². The number of rotatable bonds is 5. The van der Waals surface area contributed by atoms with Gasteiger partial charge in [-0.15, -0.1) is 0 Å². The minimum absolute atomic E-state index is 0.102. The first-order chi connectivity index (χ1) is 11.3. The Hall–Kier alpha value is -2.33. The molecule has 4 nitrogen and oxygen atoms in total. The van der Waals surface area contributed by atoms with E-state index in [2.05, 4.69) is 31.4 Å². The van der Waals surface area contributed by atoms with Gasteiger partial charge in [-0.3, -0.25) is 0 Å². The number of urea groups is 1. The van der Waals surface area contributed by atoms with Crippen molar-refractivity contribution >= 4 is 11.7 Å². The molecule has 1 unspecified atom stereocenters. The predicted molar refractivity (Wildman–Crippen MR) is 100 cm³/mol. The summed E-state index contributed by atoms with van der Waals surface area (Å²) in [5, 5.41) is 5.66. The topological polar surface area (TPSA) is 67.2 Å². The molecule has 0 spiro atoms. The van der Waals surface area contributed by atoms with Crippen molar-refractivity contribution in [3.63, 3.8) is 0 Å². The first kappa shape index (κ1) is 18.0. The highest BCUT2D eigenvalue weighted by Gasteiger charge is 2.13. The number of carbonyl (C=O) groups is 1. The van der Waals surface area contributed by atoms with Crippen LogP contribution in [0.25, 0.3) is 0 Å². The lowest BCUT2D eigenvalue weighted by molar-refractivity contribution is 0.251. The third-order valence-corrected chi connectivity index (χ3v) is 3.87. The van der Waals surface area contributed by atoms with E-state index in [0.29, 0.717) is 6.54 Å². The summed E-state index contributed by atoms with van der Waals surface area (Å²) in [5.41, 5.74) is 9.36. The standard InChI is InChI=1S/C20H27N3O/c1-20(2,3)16-9-11-18(12-10-16)23-19(24)22-14-17(21)13-15-7-5-4-6-8-15/h4-12,17H,13-14,21H2,1-3H3,(H2,22,23,24). The van der Waals surface area contributed by atoms with E-state index in [9.17, 15) is 4.79 Å². The lowest BCUT2D eigenvalue weighted by atomic mass is 9.87. The Morgan fingerprint density at radius 3 is 2.25 bits per heavy atom. The molecule has 0 aromatic heterocycles. The van der Waals surface area contributed by atoms with Crippen molar-refractivity contribution in [1.82, 2.24) is 5.32 Å². The summed E-state index contributed by atoms with van der Waals surface area (Å²) in [5.74, 6) is 0. The summed E-state index contributed by atoms with van der Waals surface area (Å²) in [4.78, 5) is 12.0. The third-order valence-electron chi connectivity index (χ3n) is 3.87. The zero-order chi connectivity index (χ0) is 17.6. The molecule has 0 heterocycles. The second kappa shape index (κ2) is 7.97. The highest BCUT2D eigenvalue weighted by atomic mass is 16.2. The van der Waals surface area contributed by atoms with Crippen LogP contribution in [0, 0.1) is 0 Å². The zero-order valence-electron chi connectivity index (χ0n) is 14.7. The van der Waals surface area contributed by atoms with Gasteiger partial charge < -0.3 is 16.4 Å². The van der Waals surface area contributed by atoms with Crippen molar-refractivity contribution < 1.29 is 4.79 Å². The number of carbonyl (C=O) groups excluding carboxylic acids is 1. The molecule has 0 fully saturated rings. The van der Waals surface area contributed by atoms with Crippen LogP contribution in [0.1, 0.15) is 31.9 Å². The van der Waals surface area contributed by atoms with Crippen LogP contribution in [0.2, 0.25) is 0 Å². The van der Waals surface area contributed by atoms with E-state index in [0.717, 1.165) is 12.1 Å². The Bertz CT molecular complexity index is 645. The molecule has 0 bridgehead atoms. The van der Waals surface area contributed by atoms with Gasteiger partial charge in [0.2, 0.25) is 0 Å². The number of benzene rings is 2. The Morgan fingerprint density at radius 2 is 1.67 bits per heavy atom. The van der Waals surface area contributed by atoms with Gasteiger partial charge in [-0.05, 0) is 35.1 Å². The average molecular weight is 325 g/mol. The van der Waals surface area contributed by atoms with Crippen LogP contribution in [-0.2, 0) is 11.8 Å². The summed E-state index contributed by atoms with van der Waals surface area (Å²) in [6, 6.07) is 17.6. The van der Waals surface area contributed by atoms with E-state index in [4.69, 9.17) is 5.73 Å². The molecule has 4 N–H and O–H groups in total. The molecule has 2 aromatic rings. The minimum atomic E-state index is -0.234. The van der Waals surface area contributed by atoms with Crippen LogP contribution >= 0.6 is 0 Å². The number of hydrogen-bond acceptors (Lipinski definition) is 2. The van der Waals surface area contributed by atoms with Crippen LogP contribution < -0.4 is 16.4 Å². The summed E-state index contributed by atoms with van der Waals surface area (Å²) in [7, 11) is 0. The van der Waals surface area contributed by atoms with Crippen molar-refractivity contribution in [1.29, 1.82) is 0 Å². The van der Waals surface area contributed by atoms with E-state index in [1.165, 1.54) is 11.1 Å². The van der Waals surface area contributed by atoms with Crippen LogP contribution in [0.3, 0.4) is 0 Å². The Morgan fingerprint density at radius 1 is 1.04 bits per heavy atom. The first-order valence-electron chi connectivity index (χ1n) is 8.29. The minimum Gasteiger partial charge on any atom is -0.336 e. The zero-order valence-corrected chi connectivity index (χ0v) is 14.7. The number of nitrogens with one attached hydrogen (secondary N) is 2. The number of amides is 2. The van der Waals surface area contributed by atoms with Gasteiger partial charge in [0.05, 0.1) is 0 Å². The van der Waals surface area contributed by atoms with Crippen molar-refractivity contribution in [3.05, 3.63) is 65.7 Å². The number of hydrogen-bond donors (Lipinski definition) is 3. The molecule has 2 rings (SSSR count). The van der Waals surface area contributed by atoms with Crippen molar-refractivity contribution in [2.45, 2.75) is 38.6 Å². The summed E-state index contributed by atoms with van der Waals surface area (Å²) >= 11 is 0. The quantitative estimate of drug-likeness (QED) is 0.785. The van der Waals surface area contributed by atoms with Gasteiger partial charge in [0.1, 0.15) is 0 Å². The fraction of sp³-hybridized carbons (Fsp3) is 0.350. The molecule has 2 aromatic carbocycles. The van der Waals surface area contributed by atoms with Crippen molar-refractivity contribution in [3.8, 4) is 0 Å². The third kappa shape index (κ3) is 5.70. The predicted octanol–water partition coefficient (Wildman–Crippen LogP) is 3.68. The molecular weight excluding hydrogens is 298 g/mol. The molecule has 0 aliphatic rings. The highest BCUT2D eigenvalue weighted by Crippen LogP contribution is 2.23. The van der Waals surface area contributed by atoms with E-state index in [1.54, 1.807) is 0 Å². The van der Waals surface area contributed by atoms with Crippen molar-refractivity contribution in [2.75, 3.05) is 11.9 Å². The van der Waals surface area contributed by atoms with E-state index < -0.39 is 0 Å². The fourth-order valence-electron chi connectivity index (χ4n) is 2.44. The maximum atomic E-state index is 12.0. The van der Waals surface area contributed by atoms with Gasteiger partial charge in [-0.1, -0.05) is 63.2 Å². The van der Waals surface area contributed by atoms with Crippen molar-refractivity contribution in [2.24, 2.45) is 5.73 Å². The van der Waals surface area contributed by atoms with Crippen LogP contribution in [0.15, 0.2) is 54.6 Å². The molecule has 128 valence electrons. The molecular formula is C20H27N3O. The number of anilines is 1. The SMILES string of the molecule is CC(C)(C)c1ccc(NC(=O)NCC(N)Cc2ccccc2)cc1. The molecule has 1 atom stereocenters. The first-order valence-corrected chi connectivity index (χ1v) is 8.29. The van der Waals surface area contributed by atoms with Gasteiger partial charge >= 0.3 is 6.03 Å². The fourth-order valence-corrected chi connectivity index (χ4v) is 2.44. The van der Waals surface area contributed by atoms with Gasteiger partial charge in [0.25, 0.3) is 0 Å². The van der Waals surface area contributed by atoms with Gasteiger partial charge in [0, 0.05) is 18.3 Å². The maximum Gasteiger partial charge on any atom is 0.319 e. The Labute approximate surface area is 144 Å². The second-order valence-electron chi connectivity index (χ2n) is 7.11. The molecule has 4 heteroatoms. The average Bonchev–Trinajstić information content (AvgIpc) is 2.53.